The monoisotopic (exact) mass is 299 g/mol. The van der Waals surface area contributed by atoms with Gasteiger partial charge in [-0.25, -0.2) is 4.98 Å². The van der Waals surface area contributed by atoms with Crippen LogP contribution in [-0.4, -0.2) is 4.98 Å². The molecule has 2 aromatic heterocycles. The van der Waals surface area contributed by atoms with E-state index in [1.807, 2.05) is 6.07 Å². The molecule has 0 aliphatic carbocycles. The minimum absolute atomic E-state index is 1.02. The van der Waals surface area contributed by atoms with E-state index in [9.17, 15) is 0 Å². The molecule has 0 radical (unpaired) electrons. The van der Waals surface area contributed by atoms with Crippen molar-refractivity contribution in [3.63, 3.8) is 0 Å². The summed E-state index contributed by atoms with van der Waals surface area (Å²) in [5.41, 5.74) is 4.52. The minimum atomic E-state index is 1.02. The van der Waals surface area contributed by atoms with E-state index in [2.05, 4.69) is 78.4 Å². The zero-order valence-corrected chi connectivity index (χ0v) is 13.2. The first kappa shape index (κ1) is 13.9. The van der Waals surface area contributed by atoms with E-state index < -0.39 is 0 Å². The summed E-state index contributed by atoms with van der Waals surface area (Å²) in [4.78, 5) is 4.84. The first-order chi connectivity index (χ1) is 11.3. The fraction of sp³-hybridized carbons (Fsp3) is 0.143. The Hall–Kier alpha value is -2.74. The highest BCUT2D eigenvalue weighted by molar-refractivity contribution is 5.84. The summed E-state index contributed by atoms with van der Waals surface area (Å²) in [5, 5.41) is 2.44. The van der Waals surface area contributed by atoms with Crippen molar-refractivity contribution in [2.24, 2.45) is 0 Å². The van der Waals surface area contributed by atoms with Crippen LogP contribution in [0.5, 0.6) is 0 Å². The third-order valence-electron chi connectivity index (χ3n) is 4.21. The molecule has 0 unspecified atom stereocenters. The molecule has 0 bridgehead atoms. The molecule has 0 amide bonds. The fourth-order valence-electron chi connectivity index (χ4n) is 3.11. The molecule has 4 aromatic rings. The molecule has 2 heteroatoms. The van der Waals surface area contributed by atoms with Gasteiger partial charge in [0.05, 0.1) is 16.8 Å². The number of nitrogens with zero attached hydrogens (tertiary/aromatic N) is 2. The zero-order valence-electron chi connectivity index (χ0n) is 13.2. The van der Waals surface area contributed by atoms with Gasteiger partial charge < -0.3 is 0 Å². The van der Waals surface area contributed by atoms with Gasteiger partial charge in [-0.3, -0.25) is 0 Å². The Kier molecular flexibility index (Phi) is 3.51. The van der Waals surface area contributed by atoms with Crippen LogP contribution in [0.15, 0.2) is 72.9 Å². The van der Waals surface area contributed by atoms with Gasteiger partial charge in [0.25, 0.3) is 0 Å². The van der Waals surface area contributed by atoms with Gasteiger partial charge in [0.2, 0.25) is 5.52 Å². The number of fused-ring (bicyclic) bond motifs is 2. The summed E-state index contributed by atoms with van der Waals surface area (Å²) in [6.45, 7) is 3.23. The Morgan fingerprint density at radius 1 is 0.870 bits per heavy atom. The summed E-state index contributed by atoms with van der Waals surface area (Å²) in [5.74, 6) is 0. The number of hydrogen-bond acceptors (Lipinski definition) is 1. The van der Waals surface area contributed by atoms with E-state index in [4.69, 9.17) is 4.98 Å². The number of aromatic nitrogens is 2. The van der Waals surface area contributed by atoms with Crippen LogP contribution in [0.2, 0.25) is 0 Å². The Morgan fingerprint density at radius 3 is 2.52 bits per heavy atom. The molecule has 0 fully saturated rings. The summed E-state index contributed by atoms with van der Waals surface area (Å²) < 4.78 is 2.33. The molecule has 23 heavy (non-hydrogen) atoms. The second kappa shape index (κ2) is 5.81. The second-order valence-corrected chi connectivity index (χ2v) is 5.87. The summed E-state index contributed by atoms with van der Waals surface area (Å²) in [6.07, 6.45) is 3.34. The van der Waals surface area contributed by atoms with Crippen LogP contribution in [0, 0.1) is 0 Å². The molecule has 0 saturated heterocycles. The maximum Gasteiger partial charge on any atom is 0.212 e. The standard InChI is InChI=1S/C21H19N2/c1-2-13-23-15-18(14-17-8-4-6-10-21(17)23)20-12-11-16-7-3-5-9-19(16)22-20/h3-12,14-15H,2,13H2,1H3/q+1. The molecular weight excluding hydrogens is 280 g/mol. The van der Waals surface area contributed by atoms with Crippen molar-refractivity contribution in [3.05, 3.63) is 72.9 Å². The van der Waals surface area contributed by atoms with Crippen LogP contribution < -0.4 is 4.57 Å². The molecule has 4 rings (SSSR count). The summed E-state index contributed by atoms with van der Waals surface area (Å²) >= 11 is 0. The molecule has 0 saturated carbocycles. The topological polar surface area (TPSA) is 16.8 Å². The first-order valence-electron chi connectivity index (χ1n) is 8.13. The van der Waals surface area contributed by atoms with Crippen molar-refractivity contribution in [2.75, 3.05) is 0 Å². The molecule has 112 valence electrons. The molecule has 0 N–H and O–H groups in total. The van der Waals surface area contributed by atoms with E-state index in [0.717, 1.165) is 24.2 Å². The van der Waals surface area contributed by atoms with E-state index in [-0.39, 0.29) is 0 Å². The number of rotatable bonds is 3. The predicted octanol–water partition coefficient (Wildman–Crippen LogP) is 4.75. The van der Waals surface area contributed by atoms with Crippen LogP contribution in [0.4, 0.5) is 0 Å². The van der Waals surface area contributed by atoms with Crippen molar-refractivity contribution in [3.8, 4) is 11.3 Å². The van der Waals surface area contributed by atoms with Crippen LogP contribution in [0.3, 0.4) is 0 Å². The van der Waals surface area contributed by atoms with Gasteiger partial charge in [0.15, 0.2) is 6.20 Å². The third kappa shape index (κ3) is 2.57. The van der Waals surface area contributed by atoms with Crippen molar-refractivity contribution in [1.29, 1.82) is 0 Å². The Bertz CT molecular complexity index is 989. The molecule has 0 spiro atoms. The maximum absolute atomic E-state index is 4.84. The Morgan fingerprint density at radius 2 is 1.65 bits per heavy atom. The summed E-state index contributed by atoms with van der Waals surface area (Å²) in [6, 6.07) is 23.3. The van der Waals surface area contributed by atoms with Gasteiger partial charge in [-0.2, -0.15) is 4.57 Å². The lowest BCUT2D eigenvalue weighted by Gasteiger charge is -2.06. The molecule has 2 nitrogen and oxygen atoms in total. The Labute approximate surface area is 136 Å². The first-order valence-corrected chi connectivity index (χ1v) is 8.13. The zero-order chi connectivity index (χ0) is 15.6. The SMILES string of the molecule is CCC[n+]1cc(-c2ccc3ccccc3n2)cc2ccccc21. The van der Waals surface area contributed by atoms with E-state index in [0.29, 0.717) is 0 Å². The summed E-state index contributed by atoms with van der Waals surface area (Å²) in [7, 11) is 0. The average Bonchev–Trinajstić information content (AvgIpc) is 2.61. The van der Waals surface area contributed by atoms with E-state index in [1.165, 1.54) is 21.9 Å². The van der Waals surface area contributed by atoms with Gasteiger partial charge in [0, 0.05) is 23.3 Å². The van der Waals surface area contributed by atoms with Crippen molar-refractivity contribution < 1.29 is 4.57 Å². The lowest BCUT2D eigenvalue weighted by molar-refractivity contribution is -0.670. The third-order valence-corrected chi connectivity index (χ3v) is 4.21. The second-order valence-electron chi connectivity index (χ2n) is 5.87. The highest BCUT2D eigenvalue weighted by Crippen LogP contribution is 2.23. The quantitative estimate of drug-likeness (QED) is 0.499. The van der Waals surface area contributed by atoms with Crippen molar-refractivity contribution >= 4 is 21.8 Å². The Balaban J connectivity index is 1.92. The predicted molar refractivity (Wildman–Crippen MR) is 95.2 cm³/mol. The number of para-hydroxylation sites is 2. The van der Waals surface area contributed by atoms with Crippen LogP contribution in [0.1, 0.15) is 13.3 Å². The number of pyridine rings is 2. The number of aryl methyl sites for hydroxylation is 1. The fourth-order valence-corrected chi connectivity index (χ4v) is 3.11. The molecule has 0 aliphatic rings. The number of benzene rings is 2. The van der Waals surface area contributed by atoms with Gasteiger partial charge in [-0.05, 0) is 24.3 Å². The highest BCUT2D eigenvalue weighted by atomic mass is 14.9. The molecule has 2 heterocycles. The lowest BCUT2D eigenvalue weighted by atomic mass is 10.1. The molecule has 2 aromatic carbocycles. The number of hydrogen-bond donors (Lipinski definition) is 0. The smallest absolute Gasteiger partial charge is 0.212 e. The van der Waals surface area contributed by atoms with Gasteiger partial charge in [0.1, 0.15) is 6.54 Å². The van der Waals surface area contributed by atoms with Crippen molar-refractivity contribution in [1.82, 2.24) is 4.98 Å². The molecule has 0 aliphatic heterocycles. The molecule has 0 atom stereocenters. The van der Waals surface area contributed by atoms with Gasteiger partial charge in [-0.1, -0.05) is 43.3 Å². The van der Waals surface area contributed by atoms with E-state index in [1.54, 1.807) is 0 Å². The van der Waals surface area contributed by atoms with E-state index >= 15 is 0 Å². The highest BCUT2D eigenvalue weighted by Gasteiger charge is 2.12. The lowest BCUT2D eigenvalue weighted by Crippen LogP contribution is -2.34. The minimum Gasteiger partial charge on any atom is -0.248 e. The van der Waals surface area contributed by atoms with Gasteiger partial charge in [-0.15, -0.1) is 0 Å². The normalized spacial score (nSPS) is 11.2. The molecular formula is C21H19N2+. The van der Waals surface area contributed by atoms with Crippen molar-refractivity contribution in [2.45, 2.75) is 19.9 Å². The van der Waals surface area contributed by atoms with Crippen LogP contribution >= 0.6 is 0 Å². The average molecular weight is 299 g/mol. The largest absolute Gasteiger partial charge is 0.248 e. The maximum atomic E-state index is 4.84. The van der Waals surface area contributed by atoms with Crippen LogP contribution in [-0.2, 0) is 6.54 Å². The van der Waals surface area contributed by atoms with Gasteiger partial charge >= 0.3 is 0 Å². The van der Waals surface area contributed by atoms with Crippen LogP contribution in [0.25, 0.3) is 33.1 Å².